The van der Waals surface area contributed by atoms with E-state index in [-0.39, 0.29) is 0 Å². The van der Waals surface area contributed by atoms with Gasteiger partial charge in [0.25, 0.3) is 0 Å². The Morgan fingerprint density at radius 2 is 2.10 bits per heavy atom. The molecule has 0 aliphatic heterocycles. The van der Waals surface area contributed by atoms with Gasteiger partial charge < -0.3 is 5.11 Å². The van der Waals surface area contributed by atoms with E-state index in [4.69, 9.17) is 5.11 Å². The van der Waals surface area contributed by atoms with Crippen molar-refractivity contribution in [3.8, 4) is 0 Å². The summed E-state index contributed by atoms with van der Waals surface area (Å²) in [5.74, 6) is 0.185. The van der Waals surface area contributed by atoms with Crippen molar-refractivity contribution in [2.24, 2.45) is 0 Å². The number of aliphatic carboxylic acids is 1. The largest absolute Gasteiger partial charge is 0.480 e. The maximum absolute atomic E-state index is 10.5. The van der Waals surface area contributed by atoms with Crippen LogP contribution in [0.15, 0.2) is 0 Å². The summed E-state index contributed by atoms with van der Waals surface area (Å²) in [6, 6.07) is 0. The quantitative estimate of drug-likeness (QED) is 0.687. The van der Waals surface area contributed by atoms with E-state index in [1.165, 1.54) is 11.8 Å². The van der Waals surface area contributed by atoms with Crippen LogP contribution < -0.4 is 0 Å². The fourth-order valence-electron chi connectivity index (χ4n) is 0.419. The second-order valence-electron chi connectivity index (χ2n) is 2.66. The Hall–Kier alpha value is -0.180. The van der Waals surface area contributed by atoms with E-state index in [1.54, 1.807) is 13.8 Å². The lowest BCUT2D eigenvalue weighted by molar-refractivity contribution is -0.138. The van der Waals surface area contributed by atoms with E-state index in [0.29, 0.717) is 0 Å². The van der Waals surface area contributed by atoms with E-state index >= 15 is 0 Å². The van der Waals surface area contributed by atoms with Crippen molar-refractivity contribution in [2.45, 2.75) is 31.9 Å². The van der Waals surface area contributed by atoms with Gasteiger partial charge in [0.15, 0.2) is 0 Å². The van der Waals surface area contributed by atoms with E-state index in [1.807, 2.05) is 6.92 Å². The first-order chi connectivity index (χ1) is 4.50. The molecule has 3 heteroatoms. The molecule has 0 radical (unpaired) electrons. The van der Waals surface area contributed by atoms with Gasteiger partial charge in [-0.25, -0.2) is 0 Å². The van der Waals surface area contributed by atoms with Crippen molar-refractivity contribution in [1.29, 1.82) is 0 Å². The summed E-state index contributed by atoms with van der Waals surface area (Å²) < 4.78 is -0.615. The van der Waals surface area contributed by atoms with Crippen molar-refractivity contribution in [3.63, 3.8) is 0 Å². The zero-order valence-electron chi connectivity index (χ0n) is 6.68. The number of thioether (sulfide) groups is 1. The summed E-state index contributed by atoms with van der Waals surface area (Å²) >= 11 is 1.49. The second kappa shape index (κ2) is 3.86. The minimum Gasteiger partial charge on any atom is -0.480 e. The third-order valence-corrected chi connectivity index (χ3v) is 2.69. The first kappa shape index (κ1) is 9.82. The van der Waals surface area contributed by atoms with E-state index in [0.717, 1.165) is 12.2 Å². The summed E-state index contributed by atoms with van der Waals surface area (Å²) in [7, 11) is 0. The number of hydrogen-bond donors (Lipinski definition) is 1. The van der Waals surface area contributed by atoms with Gasteiger partial charge in [-0.3, -0.25) is 4.79 Å². The number of carboxylic acid groups (broad SMARTS) is 1. The zero-order chi connectivity index (χ0) is 8.20. The molecule has 1 N–H and O–H groups in total. The van der Waals surface area contributed by atoms with Crippen LogP contribution in [0.2, 0.25) is 0 Å². The molecule has 0 unspecified atom stereocenters. The van der Waals surface area contributed by atoms with Gasteiger partial charge in [0.05, 0.1) is 0 Å². The standard InChI is InChI=1S/C7H14O2S/c1-4-5-10-7(2,3)6(8)9/h4-5H2,1-3H3,(H,8,9). The SMILES string of the molecule is CCCSC(C)(C)C(=O)O. The average Bonchev–Trinajstić information content (AvgIpc) is 1.84. The lowest BCUT2D eigenvalue weighted by atomic mass is 10.2. The number of carbonyl (C=O) groups is 1. The molecule has 0 rings (SSSR count). The van der Waals surface area contributed by atoms with Crippen LogP contribution in [-0.2, 0) is 4.79 Å². The predicted octanol–water partition coefficient (Wildman–Crippen LogP) is 1.99. The van der Waals surface area contributed by atoms with Gasteiger partial charge >= 0.3 is 5.97 Å². The highest BCUT2D eigenvalue weighted by molar-refractivity contribution is 8.01. The molecule has 0 aromatic heterocycles. The lowest BCUT2D eigenvalue weighted by Gasteiger charge is -2.17. The van der Waals surface area contributed by atoms with Crippen molar-refractivity contribution >= 4 is 17.7 Å². The first-order valence-corrected chi connectivity index (χ1v) is 4.36. The van der Waals surface area contributed by atoms with Crippen LogP contribution in [0.3, 0.4) is 0 Å². The molecule has 0 bridgehead atoms. The molecule has 2 nitrogen and oxygen atoms in total. The average molecular weight is 162 g/mol. The van der Waals surface area contributed by atoms with E-state index < -0.39 is 10.7 Å². The van der Waals surface area contributed by atoms with Crippen LogP contribution in [-0.4, -0.2) is 21.6 Å². The predicted molar refractivity (Wildman–Crippen MR) is 44.5 cm³/mol. The lowest BCUT2D eigenvalue weighted by Crippen LogP contribution is -2.27. The fourth-order valence-corrected chi connectivity index (χ4v) is 1.26. The van der Waals surface area contributed by atoms with E-state index in [9.17, 15) is 4.79 Å². The third-order valence-electron chi connectivity index (χ3n) is 1.18. The minimum absolute atomic E-state index is 0.615. The Kier molecular flexibility index (Phi) is 3.79. The normalized spacial score (nSPS) is 11.5. The van der Waals surface area contributed by atoms with Gasteiger partial charge in [-0.2, -0.15) is 0 Å². The van der Waals surface area contributed by atoms with Crippen LogP contribution in [0.25, 0.3) is 0 Å². The molecule has 0 aliphatic carbocycles. The summed E-state index contributed by atoms with van der Waals surface area (Å²) in [6.45, 7) is 5.51. The highest BCUT2D eigenvalue weighted by Crippen LogP contribution is 2.24. The molecular weight excluding hydrogens is 148 g/mol. The molecule has 0 saturated heterocycles. The maximum atomic E-state index is 10.5. The highest BCUT2D eigenvalue weighted by Gasteiger charge is 2.26. The third kappa shape index (κ3) is 3.11. The van der Waals surface area contributed by atoms with Crippen LogP contribution in [0.5, 0.6) is 0 Å². The van der Waals surface area contributed by atoms with Crippen LogP contribution in [0.1, 0.15) is 27.2 Å². The molecule has 0 fully saturated rings. The topological polar surface area (TPSA) is 37.3 Å². The van der Waals surface area contributed by atoms with Crippen LogP contribution >= 0.6 is 11.8 Å². The van der Waals surface area contributed by atoms with Crippen molar-refractivity contribution < 1.29 is 9.90 Å². The monoisotopic (exact) mass is 162 g/mol. The number of carboxylic acids is 1. The molecular formula is C7H14O2S. The zero-order valence-corrected chi connectivity index (χ0v) is 7.49. The summed E-state index contributed by atoms with van der Waals surface area (Å²) in [5, 5.41) is 8.65. The molecule has 10 heavy (non-hydrogen) atoms. The van der Waals surface area contributed by atoms with Crippen molar-refractivity contribution in [3.05, 3.63) is 0 Å². The van der Waals surface area contributed by atoms with Gasteiger partial charge in [-0.1, -0.05) is 6.92 Å². The summed E-state index contributed by atoms with van der Waals surface area (Å²) in [5.41, 5.74) is 0. The first-order valence-electron chi connectivity index (χ1n) is 3.38. The molecule has 0 amide bonds. The Bertz CT molecular complexity index is 121. The van der Waals surface area contributed by atoms with Gasteiger partial charge in [-0.15, -0.1) is 11.8 Å². The Balaban J connectivity index is 3.75. The van der Waals surface area contributed by atoms with Gasteiger partial charge in [-0.05, 0) is 26.0 Å². The maximum Gasteiger partial charge on any atom is 0.319 e. The molecule has 0 aromatic carbocycles. The minimum atomic E-state index is -0.731. The highest BCUT2D eigenvalue weighted by atomic mass is 32.2. The Morgan fingerprint density at radius 1 is 1.60 bits per heavy atom. The second-order valence-corrected chi connectivity index (χ2v) is 4.38. The van der Waals surface area contributed by atoms with Crippen LogP contribution in [0.4, 0.5) is 0 Å². The van der Waals surface area contributed by atoms with Crippen molar-refractivity contribution in [2.75, 3.05) is 5.75 Å². The Morgan fingerprint density at radius 3 is 2.40 bits per heavy atom. The van der Waals surface area contributed by atoms with Gasteiger partial charge in [0.1, 0.15) is 4.75 Å². The molecule has 0 aliphatic rings. The number of rotatable bonds is 4. The molecule has 0 atom stereocenters. The molecule has 0 spiro atoms. The van der Waals surface area contributed by atoms with E-state index in [2.05, 4.69) is 0 Å². The van der Waals surface area contributed by atoms with Crippen LogP contribution in [0, 0.1) is 0 Å². The molecule has 60 valence electrons. The molecule has 0 saturated carbocycles. The summed E-state index contributed by atoms with van der Waals surface area (Å²) in [6.07, 6.45) is 1.03. The van der Waals surface area contributed by atoms with Gasteiger partial charge in [0, 0.05) is 0 Å². The fraction of sp³-hybridized carbons (Fsp3) is 0.857. The smallest absolute Gasteiger partial charge is 0.319 e. The van der Waals surface area contributed by atoms with Crippen molar-refractivity contribution in [1.82, 2.24) is 0 Å². The molecule has 0 aromatic rings. The molecule has 0 heterocycles. The van der Waals surface area contributed by atoms with Gasteiger partial charge in [0.2, 0.25) is 0 Å². The Labute approximate surface area is 66.0 Å². The summed E-state index contributed by atoms with van der Waals surface area (Å²) in [4.78, 5) is 10.5. The number of hydrogen-bond acceptors (Lipinski definition) is 2.